The van der Waals surface area contributed by atoms with Crippen LogP contribution in [-0.4, -0.2) is 28.7 Å². The molecular weight excluding hydrogens is 306 g/mol. The normalized spacial score (nSPS) is 17.3. The van der Waals surface area contributed by atoms with Crippen molar-refractivity contribution in [3.63, 3.8) is 0 Å². The number of nitrogens with one attached hydrogen (secondary N) is 3. The first-order valence-corrected chi connectivity index (χ1v) is 7.79. The van der Waals surface area contributed by atoms with Gasteiger partial charge in [-0.3, -0.25) is 9.59 Å². The van der Waals surface area contributed by atoms with Crippen molar-refractivity contribution in [2.75, 3.05) is 0 Å². The molecule has 0 fully saturated rings. The van der Waals surface area contributed by atoms with E-state index in [0.29, 0.717) is 12.1 Å². The van der Waals surface area contributed by atoms with Crippen molar-refractivity contribution in [2.24, 2.45) is 16.1 Å². The van der Waals surface area contributed by atoms with Crippen LogP contribution < -0.4 is 10.9 Å². The number of aryl methyl sites for hydroxylation is 1. The molecule has 0 bridgehead atoms. The van der Waals surface area contributed by atoms with Gasteiger partial charge in [-0.15, -0.1) is 0 Å². The Morgan fingerprint density at radius 3 is 2.92 bits per heavy atom. The summed E-state index contributed by atoms with van der Waals surface area (Å²) in [4.78, 5) is 26.7. The molecule has 2 amide bonds. The average molecular weight is 325 g/mol. The van der Waals surface area contributed by atoms with Crippen LogP contribution in [0.1, 0.15) is 31.0 Å². The number of amides is 2. The Labute approximate surface area is 139 Å². The molecular formula is C17H19N5O2. The molecule has 3 N–H and O–H groups in total. The summed E-state index contributed by atoms with van der Waals surface area (Å²) in [6, 6.07) is 7.92. The lowest BCUT2D eigenvalue weighted by molar-refractivity contribution is -0.123. The van der Waals surface area contributed by atoms with Gasteiger partial charge >= 0.3 is 0 Å². The third-order valence-corrected chi connectivity index (χ3v) is 4.15. The quantitative estimate of drug-likeness (QED) is 0.577. The van der Waals surface area contributed by atoms with Crippen LogP contribution in [0.25, 0.3) is 10.9 Å². The molecule has 3 rings (SSSR count). The minimum Gasteiger partial charge on any atom is -0.358 e. The molecule has 1 atom stereocenters. The number of carbonyl (C=O) groups excluding carboxylic acids is 2. The second kappa shape index (κ2) is 6.66. The van der Waals surface area contributed by atoms with Crippen molar-refractivity contribution in [1.82, 2.24) is 15.8 Å². The Bertz CT molecular complexity index is 850. The highest BCUT2D eigenvalue weighted by Crippen LogP contribution is 2.19. The Morgan fingerprint density at radius 2 is 2.17 bits per heavy atom. The maximum absolute atomic E-state index is 11.9. The first-order valence-electron chi connectivity index (χ1n) is 7.79. The summed E-state index contributed by atoms with van der Waals surface area (Å²) in [7, 11) is 0. The molecule has 0 radical (unpaired) electrons. The van der Waals surface area contributed by atoms with E-state index < -0.39 is 0 Å². The van der Waals surface area contributed by atoms with Crippen molar-refractivity contribution < 1.29 is 9.59 Å². The maximum Gasteiger partial charge on any atom is 0.248 e. The SMILES string of the molecule is CC1=NNC(=O)[C@H]1CCC(=O)N/N=C\c1c(C)[nH]c2ccccc12. The number of benzene rings is 1. The molecule has 7 nitrogen and oxygen atoms in total. The van der Waals surface area contributed by atoms with E-state index >= 15 is 0 Å². The number of carbonyl (C=O) groups is 2. The minimum absolute atomic E-state index is 0.154. The van der Waals surface area contributed by atoms with Crippen LogP contribution in [0.5, 0.6) is 0 Å². The van der Waals surface area contributed by atoms with Gasteiger partial charge in [0.25, 0.3) is 0 Å². The number of hydrazone groups is 2. The van der Waals surface area contributed by atoms with Crippen LogP contribution in [0, 0.1) is 12.8 Å². The van der Waals surface area contributed by atoms with E-state index in [2.05, 4.69) is 26.0 Å². The van der Waals surface area contributed by atoms with Crippen molar-refractivity contribution in [2.45, 2.75) is 26.7 Å². The van der Waals surface area contributed by atoms with Crippen molar-refractivity contribution in [3.05, 3.63) is 35.5 Å². The molecule has 0 unspecified atom stereocenters. The number of hydrogen-bond donors (Lipinski definition) is 3. The van der Waals surface area contributed by atoms with Crippen molar-refractivity contribution in [3.8, 4) is 0 Å². The summed E-state index contributed by atoms with van der Waals surface area (Å²) in [5.74, 6) is -0.704. The van der Waals surface area contributed by atoms with Gasteiger partial charge in [0.2, 0.25) is 11.8 Å². The van der Waals surface area contributed by atoms with Crippen LogP contribution in [0.15, 0.2) is 34.5 Å². The van der Waals surface area contributed by atoms with Gasteiger partial charge < -0.3 is 4.98 Å². The molecule has 2 heterocycles. The summed E-state index contributed by atoms with van der Waals surface area (Å²) in [6.07, 6.45) is 2.28. The van der Waals surface area contributed by atoms with Crippen LogP contribution in [0.2, 0.25) is 0 Å². The summed E-state index contributed by atoms with van der Waals surface area (Å²) in [5, 5.41) is 8.95. The van der Waals surface area contributed by atoms with Crippen molar-refractivity contribution in [1.29, 1.82) is 0 Å². The van der Waals surface area contributed by atoms with Crippen LogP contribution in [0.4, 0.5) is 0 Å². The molecule has 124 valence electrons. The van der Waals surface area contributed by atoms with Gasteiger partial charge in [-0.25, -0.2) is 10.9 Å². The molecule has 24 heavy (non-hydrogen) atoms. The molecule has 1 aromatic heterocycles. The monoisotopic (exact) mass is 325 g/mol. The van der Waals surface area contributed by atoms with E-state index in [1.165, 1.54) is 0 Å². The fraction of sp³-hybridized carbons (Fsp3) is 0.294. The highest BCUT2D eigenvalue weighted by molar-refractivity contribution is 6.07. The molecule has 2 aromatic rings. The number of aromatic amines is 1. The molecule has 0 aliphatic carbocycles. The van der Waals surface area contributed by atoms with Crippen LogP contribution in [0.3, 0.4) is 0 Å². The van der Waals surface area contributed by atoms with Gasteiger partial charge in [0.15, 0.2) is 0 Å². The minimum atomic E-state index is -0.324. The molecule has 0 saturated carbocycles. The lowest BCUT2D eigenvalue weighted by Gasteiger charge is -2.06. The number of para-hydroxylation sites is 1. The summed E-state index contributed by atoms with van der Waals surface area (Å²) >= 11 is 0. The fourth-order valence-electron chi connectivity index (χ4n) is 2.79. The van der Waals surface area contributed by atoms with Crippen LogP contribution >= 0.6 is 0 Å². The molecule has 0 spiro atoms. The Kier molecular flexibility index (Phi) is 4.41. The highest BCUT2D eigenvalue weighted by atomic mass is 16.2. The number of hydrogen-bond acceptors (Lipinski definition) is 4. The lowest BCUT2D eigenvalue weighted by atomic mass is 9.99. The van der Waals surface area contributed by atoms with E-state index in [1.54, 1.807) is 13.1 Å². The largest absolute Gasteiger partial charge is 0.358 e. The zero-order chi connectivity index (χ0) is 17.1. The van der Waals surface area contributed by atoms with E-state index in [1.807, 2.05) is 31.2 Å². The standard InChI is InChI=1S/C17H19N5O2/c1-10-14(13-5-3-4-6-15(13)19-10)9-18-21-16(23)8-7-12-11(2)20-22-17(12)24/h3-6,9,12,19H,7-8H2,1-2H3,(H,21,23)(H,22,24)/b18-9-/t12-/m0/s1. The van der Waals surface area contributed by atoms with Gasteiger partial charge in [0, 0.05) is 34.3 Å². The Morgan fingerprint density at radius 1 is 1.38 bits per heavy atom. The second-order valence-electron chi connectivity index (χ2n) is 5.82. The number of nitrogens with zero attached hydrogens (tertiary/aromatic N) is 2. The third-order valence-electron chi connectivity index (χ3n) is 4.15. The lowest BCUT2D eigenvalue weighted by Crippen LogP contribution is -2.25. The number of aromatic nitrogens is 1. The first kappa shape index (κ1) is 15.9. The van der Waals surface area contributed by atoms with Crippen molar-refractivity contribution >= 4 is 34.6 Å². The zero-order valence-corrected chi connectivity index (χ0v) is 13.6. The van der Waals surface area contributed by atoms with E-state index in [0.717, 1.165) is 22.2 Å². The molecule has 0 saturated heterocycles. The molecule has 1 aliphatic rings. The smallest absolute Gasteiger partial charge is 0.248 e. The molecule has 7 heteroatoms. The Balaban J connectivity index is 1.57. The molecule has 1 aromatic carbocycles. The van der Waals surface area contributed by atoms with Gasteiger partial charge in [-0.05, 0) is 26.3 Å². The predicted octanol–water partition coefficient (Wildman–Crippen LogP) is 1.83. The first-order chi connectivity index (χ1) is 11.6. The summed E-state index contributed by atoms with van der Waals surface area (Å²) in [6.45, 7) is 3.74. The second-order valence-corrected chi connectivity index (χ2v) is 5.82. The average Bonchev–Trinajstić information content (AvgIpc) is 3.05. The molecule has 1 aliphatic heterocycles. The van der Waals surface area contributed by atoms with Gasteiger partial charge in [0.1, 0.15) is 0 Å². The predicted molar refractivity (Wildman–Crippen MR) is 92.7 cm³/mol. The number of H-pyrrole nitrogens is 1. The summed E-state index contributed by atoms with van der Waals surface area (Å²) < 4.78 is 0. The number of fused-ring (bicyclic) bond motifs is 1. The van der Waals surface area contributed by atoms with E-state index in [-0.39, 0.29) is 24.2 Å². The summed E-state index contributed by atoms with van der Waals surface area (Å²) in [5.41, 5.74) is 8.61. The van der Waals surface area contributed by atoms with E-state index in [9.17, 15) is 9.59 Å². The topological polar surface area (TPSA) is 98.7 Å². The van der Waals surface area contributed by atoms with Gasteiger partial charge in [-0.1, -0.05) is 18.2 Å². The zero-order valence-electron chi connectivity index (χ0n) is 13.6. The van der Waals surface area contributed by atoms with Gasteiger partial charge in [-0.2, -0.15) is 10.2 Å². The van der Waals surface area contributed by atoms with E-state index in [4.69, 9.17) is 0 Å². The third kappa shape index (κ3) is 3.19. The fourth-order valence-corrected chi connectivity index (χ4v) is 2.79. The van der Waals surface area contributed by atoms with Crippen LogP contribution in [-0.2, 0) is 9.59 Å². The highest BCUT2D eigenvalue weighted by Gasteiger charge is 2.26. The number of rotatable bonds is 5. The Hall–Kier alpha value is -2.96. The maximum atomic E-state index is 11.9. The van der Waals surface area contributed by atoms with Gasteiger partial charge in [0.05, 0.1) is 12.1 Å².